The normalized spacial score (nSPS) is 17.8. The van der Waals surface area contributed by atoms with Gasteiger partial charge in [-0.25, -0.2) is 0 Å². The number of ether oxygens (including phenoxy) is 2. The standard InChI is InChI=1S/C20H21NO3/c21-20(22)17-11-9-15(10-12-17)7-8-16-4-3-5-18(14-16)24-19-6-1-2-13-23-19/h3-5,7-12,14,19H,1-2,6,13H2,(H2,21,22). The SMILES string of the molecule is NC(=O)c1ccc(C=Cc2cccc(OC3CCCCO3)c2)cc1. The first-order valence-corrected chi connectivity index (χ1v) is 8.17. The van der Waals surface area contributed by atoms with Crippen LogP contribution < -0.4 is 10.5 Å². The second-order valence-corrected chi connectivity index (χ2v) is 5.81. The van der Waals surface area contributed by atoms with Crippen LogP contribution in [-0.4, -0.2) is 18.8 Å². The lowest BCUT2D eigenvalue weighted by molar-refractivity contribution is -0.105. The molecule has 0 saturated carbocycles. The third-order valence-corrected chi connectivity index (χ3v) is 3.93. The van der Waals surface area contributed by atoms with E-state index in [0.717, 1.165) is 42.7 Å². The van der Waals surface area contributed by atoms with E-state index in [9.17, 15) is 4.79 Å². The van der Waals surface area contributed by atoms with Crippen molar-refractivity contribution in [3.8, 4) is 5.75 Å². The first-order valence-electron chi connectivity index (χ1n) is 8.17. The van der Waals surface area contributed by atoms with E-state index in [4.69, 9.17) is 15.2 Å². The fourth-order valence-electron chi connectivity index (χ4n) is 2.60. The Morgan fingerprint density at radius 1 is 1.08 bits per heavy atom. The summed E-state index contributed by atoms with van der Waals surface area (Å²) in [5.74, 6) is 0.397. The molecule has 4 heteroatoms. The zero-order chi connectivity index (χ0) is 16.8. The average Bonchev–Trinajstić information content (AvgIpc) is 2.61. The van der Waals surface area contributed by atoms with Gasteiger partial charge in [0.2, 0.25) is 5.91 Å². The molecule has 0 spiro atoms. The second kappa shape index (κ2) is 7.79. The van der Waals surface area contributed by atoms with Crippen LogP contribution in [0.25, 0.3) is 12.2 Å². The fourth-order valence-corrected chi connectivity index (χ4v) is 2.60. The summed E-state index contributed by atoms with van der Waals surface area (Å²) in [4.78, 5) is 11.1. The zero-order valence-corrected chi connectivity index (χ0v) is 13.5. The quantitative estimate of drug-likeness (QED) is 0.850. The molecule has 0 aromatic heterocycles. The molecule has 1 heterocycles. The van der Waals surface area contributed by atoms with Gasteiger partial charge in [-0.05, 0) is 48.2 Å². The molecule has 1 fully saturated rings. The summed E-state index contributed by atoms with van der Waals surface area (Å²) >= 11 is 0. The second-order valence-electron chi connectivity index (χ2n) is 5.81. The van der Waals surface area contributed by atoms with E-state index in [1.54, 1.807) is 12.1 Å². The summed E-state index contributed by atoms with van der Waals surface area (Å²) in [5.41, 5.74) is 7.80. The highest BCUT2D eigenvalue weighted by Crippen LogP contribution is 2.21. The molecule has 0 bridgehead atoms. The van der Waals surface area contributed by atoms with Crippen LogP contribution in [0.1, 0.15) is 40.7 Å². The highest BCUT2D eigenvalue weighted by atomic mass is 16.7. The number of amides is 1. The van der Waals surface area contributed by atoms with Gasteiger partial charge in [0.05, 0.1) is 6.61 Å². The predicted octanol–water partition coefficient (Wildman–Crippen LogP) is 3.86. The Morgan fingerprint density at radius 3 is 2.58 bits per heavy atom. The third-order valence-electron chi connectivity index (χ3n) is 3.93. The van der Waals surface area contributed by atoms with Crippen molar-refractivity contribution in [3.63, 3.8) is 0 Å². The molecule has 1 saturated heterocycles. The number of carbonyl (C=O) groups excluding carboxylic acids is 1. The van der Waals surface area contributed by atoms with E-state index in [1.165, 1.54) is 0 Å². The van der Waals surface area contributed by atoms with E-state index >= 15 is 0 Å². The predicted molar refractivity (Wildman–Crippen MR) is 94.5 cm³/mol. The minimum absolute atomic E-state index is 0.140. The summed E-state index contributed by atoms with van der Waals surface area (Å²) in [6, 6.07) is 15.1. The van der Waals surface area contributed by atoms with E-state index < -0.39 is 5.91 Å². The van der Waals surface area contributed by atoms with Crippen LogP contribution in [0.2, 0.25) is 0 Å². The van der Waals surface area contributed by atoms with Gasteiger partial charge in [-0.15, -0.1) is 0 Å². The Kier molecular flexibility index (Phi) is 5.29. The van der Waals surface area contributed by atoms with Gasteiger partial charge in [-0.2, -0.15) is 0 Å². The molecule has 1 aliphatic rings. The van der Waals surface area contributed by atoms with Gasteiger partial charge in [-0.3, -0.25) is 4.79 Å². The minimum Gasteiger partial charge on any atom is -0.465 e. The van der Waals surface area contributed by atoms with Crippen molar-refractivity contribution in [2.24, 2.45) is 5.73 Å². The summed E-state index contributed by atoms with van der Waals surface area (Å²) in [7, 11) is 0. The molecular formula is C20H21NO3. The molecule has 0 aliphatic carbocycles. The molecule has 1 atom stereocenters. The summed E-state index contributed by atoms with van der Waals surface area (Å²) in [6.07, 6.45) is 7.04. The smallest absolute Gasteiger partial charge is 0.248 e. The number of hydrogen-bond donors (Lipinski definition) is 1. The number of nitrogens with two attached hydrogens (primary N) is 1. The molecule has 24 heavy (non-hydrogen) atoms. The first-order chi connectivity index (χ1) is 11.7. The summed E-state index contributed by atoms with van der Waals surface area (Å²) < 4.78 is 11.5. The Bertz CT molecular complexity index is 716. The van der Waals surface area contributed by atoms with Crippen molar-refractivity contribution in [1.29, 1.82) is 0 Å². The maximum absolute atomic E-state index is 11.1. The van der Waals surface area contributed by atoms with E-state index in [1.807, 2.05) is 48.6 Å². The van der Waals surface area contributed by atoms with Gasteiger partial charge in [0.15, 0.2) is 6.29 Å². The van der Waals surface area contributed by atoms with Gasteiger partial charge >= 0.3 is 0 Å². The molecule has 1 unspecified atom stereocenters. The maximum Gasteiger partial charge on any atom is 0.248 e. The number of benzene rings is 2. The summed E-state index contributed by atoms with van der Waals surface area (Å²) in [6.45, 7) is 0.769. The van der Waals surface area contributed by atoms with Crippen molar-refractivity contribution in [2.75, 3.05) is 6.61 Å². The number of primary amides is 1. The Morgan fingerprint density at radius 2 is 1.88 bits per heavy atom. The van der Waals surface area contributed by atoms with Crippen LogP contribution in [0.3, 0.4) is 0 Å². The number of hydrogen-bond acceptors (Lipinski definition) is 3. The zero-order valence-electron chi connectivity index (χ0n) is 13.5. The molecule has 0 radical (unpaired) electrons. The molecule has 124 valence electrons. The van der Waals surface area contributed by atoms with Crippen LogP contribution in [-0.2, 0) is 4.74 Å². The molecule has 4 nitrogen and oxygen atoms in total. The number of rotatable bonds is 5. The van der Waals surface area contributed by atoms with Crippen molar-refractivity contribution < 1.29 is 14.3 Å². The number of carbonyl (C=O) groups is 1. The molecule has 1 aliphatic heterocycles. The lowest BCUT2D eigenvalue weighted by Gasteiger charge is -2.23. The van der Waals surface area contributed by atoms with Crippen LogP contribution in [0.4, 0.5) is 0 Å². The van der Waals surface area contributed by atoms with Gasteiger partial charge in [0.1, 0.15) is 5.75 Å². The van der Waals surface area contributed by atoms with E-state index in [2.05, 4.69) is 0 Å². The summed E-state index contributed by atoms with van der Waals surface area (Å²) in [5, 5.41) is 0. The van der Waals surface area contributed by atoms with Crippen molar-refractivity contribution >= 4 is 18.1 Å². The lowest BCUT2D eigenvalue weighted by atomic mass is 10.1. The van der Waals surface area contributed by atoms with Gasteiger partial charge in [-0.1, -0.05) is 36.4 Å². The average molecular weight is 323 g/mol. The largest absolute Gasteiger partial charge is 0.465 e. The first kappa shape index (κ1) is 16.3. The third kappa shape index (κ3) is 4.46. The Labute approximate surface area is 141 Å². The maximum atomic E-state index is 11.1. The van der Waals surface area contributed by atoms with E-state index in [0.29, 0.717) is 5.56 Å². The van der Waals surface area contributed by atoms with Crippen molar-refractivity contribution in [3.05, 3.63) is 65.2 Å². The molecule has 2 aromatic rings. The van der Waals surface area contributed by atoms with E-state index in [-0.39, 0.29) is 6.29 Å². The molecule has 3 rings (SSSR count). The minimum atomic E-state index is -0.416. The highest BCUT2D eigenvalue weighted by molar-refractivity contribution is 5.93. The Balaban J connectivity index is 1.66. The highest BCUT2D eigenvalue weighted by Gasteiger charge is 2.14. The van der Waals surface area contributed by atoms with Crippen molar-refractivity contribution in [1.82, 2.24) is 0 Å². The van der Waals surface area contributed by atoms with Gasteiger partial charge in [0.25, 0.3) is 0 Å². The van der Waals surface area contributed by atoms with Crippen LogP contribution in [0.5, 0.6) is 5.75 Å². The monoisotopic (exact) mass is 323 g/mol. The lowest BCUT2D eigenvalue weighted by Crippen LogP contribution is -2.24. The topological polar surface area (TPSA) is 61.6 Å². The van der Waals surface area contributed by atoms with Crippen LogP contribution in [0, 0.1) is 0 Å². The van der Waals surface area contributed by atoms with Gasteiger partial charge in [0, 0.05) is 12.0 Å². The van der Waals surface area contributed by atoms with Crippen LogP contribution >= 0.6 is 0 Å². The van der Waals surface area contributed by atoms with Gasteiger partial charge < -0.3 is 15.2 Å². The fraction of sp³-hybridized carbons (Fsp3) is 0.250. The van der Waals surface area contributed by atoms with Crippen LogP contribution in [0.15, 0.2) is 48.5 Å². The molecular weight excluding hydrogens is 302 g/mol. The molecule has 2 N–H and O–H groups in total. The van der Waals surface area contributed by atoms with Crippen molar-refractivity contribution in [2.45, 2.75) is 25.6 Å². The molecule has 2 aromatic carbocycles. The molecule has 1 amide bonds. The Hall–Kier alpha value is -2.59.